The molecule has 4 aliphatic carbocycles. The second-order valence-electron chi connectivity index (χ2n) is 11.0. The Bertz CT molecular complexity index is 1280. The zero-order chi connectivity index (χ0) is 27.7. The summed E-state index contributed by atoms with van der Waals surface area (Å²) in [5.41, 5.74) is -2.55. The van der Waals surface area contributed by atoms with Gasteiger partial charge in [0.25, 0.3) is 10.1 Å². The number of rotatable bonds is 6. The molecular formula is C26H31ClO9S. The fourth-order valence-corrected chi connectivity index (χ4v) is 8.05. The second-order valence-corrected chi connectivity index (χ2v) is 13.0. The fraction of sp³-hybridized carbons (Fsp3) is 0.577. The van der Waals surface area contributed by atoms with Gasteiger partial charge in [-0.2, -0.15) is 8.42 Å². The molecule has 0 amide bonds. The van der Waals surface area contributed by atoms with Crippen LogP contribution in [0.2, 0.25) is 0 Å². The Labute approximate surface area is 220 Å². The van der Waals surface area contributed by atoms with Crippen molar-refractivity contribution in [3.05, 3.63) is 47.1 Å². The van der Waals surface area contributed by atoms with Gasteiger partial charge in [0.15, 0.2) is 12.4 Å². The highest BCUT2D eigenvalue weighted by atomic mass is 35.5. The summed E-state index contributed by atoms with van der Waals surface area (Å²) in [5.74, 6) is -3.92. The average molecular weight is 555 g/mol. The summed E-state index contributed by atoms with van der Waals surface area (Å²) in [4.78, 5) is 37.5. The Morgan fingerprint density at radius 2 is 1.92 bits per heavy atom. The molecule has 9 nitrogen and oxygen atoms in total. The van der Waals surface area contributed by atoms with Gasteiger partial charge in [-0.25, -0.2) is 0 Å². The van der Waals surface area contributed by atoms with E-state index in [2.05, 4.69) is 13.2 Å². The van der Waals surface area contributed by atoms with Crippen LogP contribution in [0.4, 0.5) is 0 Å². The number of fused-ring (bicyclic) bond motifs is 5. The number of esters is 1. The van der Waals surface area contributed by atoms with Crippen LogP contribution in [0.25, 0.3) is 0 Å². The van der Waals surface area contributed by atoms with Crippen molar-refractivity contribution in [3.8, 4) is 0 Å². The molecule has 4 aliphatic rings. The Morgan fingerprint density at radius 1 is 1.27 bits per heavy atom. The fourth-order valence-electron chi connectivity index (χ4n) is 7.23. The highest BCUT2D eigenvalue weighted by Crippen LogP contribution is 2.68. The van der Waals surface area contributed by atoms with E-state index in [0.717, 1.165) is 0 Å². The highest BCUT2D eigenvalue weighted by Gasteiger charge is 2.68. The van der Waals surface area contributed by atoms with Gasteiger partial charge in [-0.1, -0.05) is 44.7 Å². The summed E-state index contributed by atoms with van der Waals surface area (Å²) in [6.45, 7) is 10.9. The van der Waals surface area contributed by atoms with Crippen LogP contribution >= 0.6 is 11.6 Å². The molecule has 3 N–H and O–H groups in total. The van der Waals surface area contributed by atoms with Gasteiger partial charge in [0.05, 0.1) is 18.3 Å². The Morgan fingerprint density at radius 3 is 2.54 bits per heavy atom. The van der Waals surface area contributed by atoms with Crippen molar-refractivity contribution >= 4 is 39.3 Å². The standard InChI is InChI=1S/C26H31ClO9S/c1-13-14(2)25(4)17(10-19(13)28)18(27)9-15-16-5-7-26(32,24(16,3)11-20(29)23(15)25)21(30)12-36-22(31)6-8-37(33,34)35/h9-10,15-16,20,23,29,32H,1-2,5-8,11-12H2,3-4H3,(H,33,34,35)/t15-,16-,20?,23+,24-,25-,26-/m0/s1. The van der Waals surface area contributed by atoms with E-state index in [1.165, 1.54) is 6.08 Å². The predicted octanol–water partition coefficient (Wildman–Crippen LogP) is 2.29. The molecule has 0 radical (unpaired) electrons. The lowest BCUT2D eigenvalue weighted by Crippen LogP contribution is -2.62. The molecule has 0 spiro atoms. The monoisotopic (exact) mass is 554 g/mol. The van der Waals surface area contributed by atoms with Crippen molar-refractivity contribution in [2.24, 2.45) is 28.6 Å². The van der Waals surface area contributed by atoms with Crippen LogP contribution in [0, 0.1) is 28.6 Å². The molecule has 4 rings (SSSR count). The van der Waals surface area contributed by atoms with Crippen LogP contribution in [-0.2, 0) is 29.2 Å². The third kappa shape index (κ3) is 4.17. The number of carbonyl (C=O) groups is 3. The average Bonchev–Trinajstić information content (AvgIpc) is 3.07. The van der Waals surface area contributed by atoms with Gasteiger partial charge in [-0.05, 0) is 48.3 Å². The van der Waals surface area contributed by atoms with Crippen LogP contribution in [0.5, 0.6) is 0 Å². The number of halogens is 1. The van der Waals surface area contributed by atoms with Crippen LogP contribution in [0.15, 0.2) is 47.1 Å². The third-order valence-corrected chi connectivity index (χ3v) is 10.3. The van der Waals surface area contributed by atoms with Crippen LogP contribution in [0.3, 0.4) is 0 Å². The maximum atomic E-state index is 13.2. The lowest BCUT2D eigenvalue weighted by molar-refractivity contribution is -0.176. The molecular weight excluding hydrogens is 524 g/mol. The molecule has 37 heavy (non-hydrogen) atoms. The zero-order valence-corrected chi connectivity index (χ0v) is 22.3. The van der Waals surface area contributed by atoms with E-state index < -0.39 is 69.1 Å². The summed E-state index contributed by atoms with van der Waals surface area (Å²) < 4.78 is 35.4. The smallest absolute Gasteiger partial charge is 0.307 e. The minimum Gasteiger partial charge on any atom is -0.458 e. The quantitative estimate of drug-likeness (QED) is 0.255. The van der Waals surface area contributed by atoms with E-state index in [0.29, 0.717) is 22.6 Å². The van der Waals surface area contributed by atoms with Gasteiger partial charge in [0, 0.05) is 27.4 Å². The van der Waals surface area contributed by atoms with E-state index >= 15 is 0 Å². The number of allylic oxidation sites excluding steroid dienone is 6. The molecule has 2 saturated carbocycles. The number of hydrogen-bond acceptors (Lipinski definition) is 8. The zero-order valence-electron chi connectivity index (χ0n) is 20.7. The number of Topliss-reactive ketones (excluding diaryl/α,β-unsaturated/α-hetero) is 1. The number of ether oxygens (including phenoxy) is 1. The minimum atomic E-state index is -4.37. The first-order valence-electron chi connectivity index (χ1n) is 12.0. The molecule has 0 aromatic carbocycles. The maximum Gasteiger partial charge on any atom is 0.307 e. The Balaban J connectivity index is 1.63. The molecule has 0 saturated heterocycles. The van der Waals surface area contributed by atoms with E-state index in [4.69, 9.17) is 20.9 Å². The van der Waals surface area contributed by atoms with Crippen molar-refractivity contribution < 1.29 is 42.3 Å². The summed E-state index contributed by atoms with van der Waals surface area (Å²) in [6.07, 6.45) is 2.19. The molecule has 0 aromatic rings. The van der Waals surface area contributed by atoms with Crippen molar-refractivity contribution in [2.45, 2.75) is 51.2 Å². The Hall–Kier alpha value is -2.11. The van der Waals surface area contributed by atoms with E-state index in [1.54, 1.807) is 13.0 Å². The summed E-state index contributed by atoms with van der Waals surface area (Å²) >= 11 is 6.68. The minimum absolute atomic E-state index is 0.0693. The molecule has 0 aromatic heterocycles. The lowest BCUT2D eigenvalue weighted by Gasteiger charge is -2.59. The first-order chi connectivity index (χ1) is 17.0. The molecule has 1 unspecified atom stereocenters. The topological polar surface area (TPSA) is 155 Å². The first kappa shape index (κ1) is 27.9. The van der Waals surface area contributed by atoms with Gasteiger partial charge in [0.2, 0.25) is 5.78 Å². The highest BCUT2D eigenvalue weighted by molar-refractivity contribution is 7.85. The van der Waals surface area contributed by atoms with Crippen LogP contribution < -0.4 is 0 Å². The first-order valence-corrected chi connectivity index (χ1v) is 14.0. The molecule has 202 valence electrons. The van der Waals surface area contributed by atoms with Crippen molar-refractivity contribution in [1.29, 1.82) is 0 Å². The summed E-state index contributed by atoms with van der Waals surface area (Å²) in [6, 6.07) is 0. The Kier molecular flexibility index (Phi) is 6.78. The number of aliphatic hydroxyl groups excluding tert-OH is 1. The number of ketones is 2. The molecule has 0 heterocycles. The SMILES string of the molecule is C=C1C(=C)[C@@]2(C)C(=CC1=O)C(Cl)=C[C@@H]1[C@@H]2C(O)C[C@@]2(C)[C@H]1CC[C@]2(O)C(=O)COC(=O)CCS(=O)(=O)O. The summed E-state index contributed by atoms with van der Waals surface area (Å²) in [7, 11) is -4.37. The molecule has 7 atom stereocenters. The normalized spacial score (nSPS) is 39.2. The lowest BCUT2D eigenvalue weighted by atomic mass is 9.46. The summed E-state index contributed by atoms with van der Waals surface area (Å²) in [5, 5.41) is 23.5. The van der Waals surface area contributed by atoms with Gasteiger partial charge in [-0.15, -0.1) is 0 Å². The number of carbonyl (C=O) groups excluding carboxylic acids is 3. The van der Waals surface area contributed by atoms with Crippen LogP contribution in [0.1, 0.15) is 39.5 Å². The van der Waals surface area contributed by atoms with E-state index in [1.807, 2.05) is 6.92 Å². The van der Waals surface area contributed by atoms with E-state index in [-0.39, 0.29) is 36.0 Å². The largest absolute Gasteiger partial charge is 0.458 e. The van der Waals surface area contributed by atoms with Crippen LogP contribution in [-0.4, -0.2) is 64.8 Å². The molecule has 0 bridgehead atoms. The van der Waals surface area contributed by atoms with Gasteiger partial charge in [0.1, 0.15) is 5.60 Å². The van der Waals surface area contributed by atoms with E-state index in [9.17, 15) is 33.0 Å². The number of aliphatic hydroxyl groups is 2. The van der Waals surface area contributed by atoms with Gasteiger partial charge in [-0.3, -0.25) is 18.9 Å². The van der Waals surface area contributed by atoms with Crippen molar-refractivity contribution in [3.63, 3.8) is 0 Å². The molecule has 0 aliphatic heterocycles. The third-order valence-electron chi connectivity index (χ3n) is 9.28. The van der Waals surface area contributed by atoms with Crippen molar-refractivity contribution in [1.82, 2.24) is 0 Å². The second kappa shape index (κ2) is 8.98. The van der Waals surface area contributed by atoms with Gasteiger partial charge >= 0.3 is 5.97 Å². The maximum absolute atomic E-state index is 13.2. The number of hydrogen-bond donors (Lipinski definition) is 3. The molecule has 2 fully saturated rings. The van der Waals surface area contributed by atoms with Gasteiger partial charge < -0.3 is 14.9 Å². The van der Waals surface area contributed by atoms with Crippen molar-refractivity contribution in [2.75, 3.05) is 12.4 Å². The predicted molar refractivity (Wildman–Crippen MR) is 134 cm³/mol. The molecule has 11 heteroatoms.